The standard InChI is InChI=1S/C8H11ClN2/c9-8-6(3-5-11-8)7-2-1-4-10-7/h3,5,7,10-11H,1-2,4H2/t7-/m1/s1. The van der Waals surface area contributed by atoms with Crippen molar-refractivity contribution in [2.75, 3.05) is 6.54 Å². The van der Waals surface area contributed by atoms with E-state index in [1.54, 1.807) is 0 Å². The third kappa shape index (κ3) is 1.28. The second-order valence-electron chi connectivity index (χ2n) is 2.90. The normalized spacial score (nSPS) is 24.3. The van der Waals surface area contributed by atoms with Gasteiger partial charge in [-0.05, 0) is 25.5 Å². The first kappa shape index (κ1) is 7.19. The molecule has 0 radical (unpaired) electrons. The number of aromatic nitrogens is 1. The van der Waals surface area contributed by atoms with E-state index in [9.17, 15) is 0 Å². The van der Waals surface area contributed by atoms with E-state index >= 15 is 0 Å². The number of rotatable bonds is 1. The summed E-state index contributed by atoms with van der Waals surface area (Å²) in [5.74, 6) is 0. The van der Waals surface area contributed by atoms with E-state index in [1.807, 2.05) is 12.3 Å². The minimum atomic E-state index is 0.480. The number of hydrogen-bond acceptors (Lipinski definition) is 1. The minimum Gasteiger partial charge on any atom is -0.352 e. The molecule has 3 heteroatoms. The molecule has 2 N–H and O–H groups in total. The quantitative estimate of drug-likeness (QED) is 0.664. The van der Waals surface area contributed by atoms with Crippen LogP contribution in [0.15, 0.2) is 12.3 Å². The molecule has 0 aliphatic carbocycles. The summed E-state index contributed by atoms with van der Waals surface area (Å²) in [4.78, 5) is 2.97. The molecule has 1 atom stereocenters. The summed E-state index contributed by atoms with van der Waals surface area (Å²) in [7, 11) is 0. The van der Waals surface area contributed by atoms with Crippen LogP contribution in [0.1, 0.15) is 24.4 Å². The Bertz CT molecular complexity index is 238. The Balaban J connectivity index is 2.21. The molecule has 0 saturated carbocycles. The van der Waals surface area contributed by atoms with Crippen LogP contribution in [0.5, 0.6) is 0 Å². The summed E-state index contributed by atoms with van der Waals surface area (Å²) < 4.78 is 0. The third-order valence-electron chi connectivity index (χ3n) is 2.16. The van der Waals surface area contributed by atoms with Gasteiger partial charge in [-0.1, -0.05) is 11.6 Å². The van der Waals surface area contributed by atoms with Crippen molar-refractivity contribution in [1.82, 2.24) is 10.3 Å². The number of halogens is 1. The number of aromatic amines is 1. The Morgan fingerprint density at radius 3 is 3.00 bits per heavy atom. The van der Waals surface area contributed by atoms with Gasteiger partial charge in [0.2, 0.25) is 0 Å². The van der Waals surface area contributed by atoms with E-state index in [2.05, 4.69) is 10.3 Å². The van der Waals surface area contributed by atoms with Crippen molar-refractivity contribution in [3.63, 3.8) is 0 Å². The Hall–Kier alpha value is -0.470. The van der Waals surface area contributed by atoms with E-state index in [0.717, 1.165) is 11.7 Å². The Morgan fingerprint density at radius 1 is 1.55 bits per heavy atom. The van der Waals surface area contributed by atoms with Gasteiger partial charge in [0, 0.05) is 17.8 Å². The first-order chi connectivity index (χ1) is 5.38. The molecule has 0 unspecified atom stereocenters. The summed E-state index contributed by atoms with van der Waals surface area (Å²) in [6, 6.07) is 2.53. The van der Waals surface area contributed by atoms with Gasteiger partial charge in [-0.15, -0.1) is 0 Å². The summed E-state index contributed by atoms with van der Waals surface area (Å²) in [6.07, 6.45) is 4.35. The SMILES string of the molecule is Clc1[nH]ccc1[C@H]1CCCN1. The van der Waals surface area contributed by atoms with Gasteiger partial charge in [-0.3, -0.25) is 0 Å². The zero-order chi connectivity index (χ0) is 7.68. The van der Waals surface area contributed by atoms with Crippen molar-refractivity contribution in [1.29, 1.82) is 0 Å². The fraction of sp³-hybridized carbons (Fsp3) is 0.500. The average Bonchev–Trinajstić information content (AvgIpc) is 2.55. The molecule has 1 aliphatic heterocycles. The lowest BCUT2D eigenvalue weighted by Crippen LogP contribution is -2.12. The highest BCUT2D eigenvalue weighted by atomic mass is 35.5. The molecule has 2 nitrogen and oxygen atoms in total. The van der Waals surface area contributed by atoms with Crippen LogP contribution in [-0.2, 0) is 0 Å². The molecule has 2 rings (SSSR count). The van der Waals surface area contributed by atoms with Gasteiger partial charge >= 0.3 is 0 Å². The second-order valence-corrected chi connectivity index (χ2v) is 3.27. The van der Waals surface area contributed by atoms with Crippen LogP contribution in [0.4, 0.5) is 0 Å². The fourth-order valence-electron chi connectivity index (χ4n) is 1.58. The molecule has 1 saturated heterocycles. The molecule has 0 bridgehead atoms. The summed E-state index contributed by atoms with van der Waals surface area (Å²) >= 11 is 5.92. The fourth-order valence-corrected chi connectivity index (χ4v) is 1.84. The molecule has 0 amide bonds. The smallest absolute Gasteiger partial charge is 0.111 e. The van der Waals surface area contributed by atoms with Crippen molar-refractivity contribution < 1.29 is 0 Å². The van der Waals surface area contributed by atoms with Crippen LogP contribution >= 0.6 is 11.6 Å². The van der Waals surface area contributed by atoms with Gasteiger partial charge in [0.1, 0.15) is 5.15 Å². The van der Waals surface area contributed by atoms with Crippen molar-refractivity contribution >= 4 is 11.6 Å². The molecule has 1 aromatic rings. The highest BCUT2D eigenvalue weighted by molar-refractivity contribution is 6.30. The number of hydrogen-bond donors (Lipinski definition) is 2. The molecular weight excluding hydrogens is 160 g/mol. The van der Waals surface area contributed by atoms with Gasteiger partial charge in [-0.25, -0.2) is 0 Å². The predicted octanol–water partition coefficient (Wildman–Crippen LogP) is 2.09. The Kier molecular flexibility index (Phi) is 1.88. The van der Waals surface area contributed by atoms with Gasteiger partial charge in [0.15, 0.2) is 0 Å². The first-order valence-corrected chi connectivity index (χ1v) is 4.32. The maximum absolute atomic E-state index is 5.92. The Morgan fingerprint density at radius 2 is 2.45 bits per heavy atom. The molecule has 0 aromatic carbocycles. The molecule has 60 valence electrons. The lowest BCUT2D eigenvalue weighted by molar-refractivity contribution is 0.649. The topological polar surface area (TPSA) is 27.8 Å². The second kappa shape index (κ2) is 2.88. The van der Waals surface area contributed by atoms with Crippen molar-refractivity contribution in [3.05, 3.63) is 23.0 Å². The highest BCUT2D eigenvalue weighted by Crippen LogP contribution is 2.27. The zero-order valence-electron chi connectivity index (χ0n) is 6.23. The van der Waals surface area contributed by atoms with Crippen molar-refractivity contribution in [2.45, 2.75) is 18.9 Å². The van der Waals surface area contributed by atoms with Gasteiger partial charge in [0.25, 0.3) is 0 Å². The van der Waals surface area contributed by atoms with Crippen LogP contribution in [0.25, 0.3) is 0 Å². The first-order valence-electron chi connectivity index (χ1n) is 3.94. The molecule has 1 aliphatic rings. The molecule has 1 fully saturated rings. The predicted molar refractivity (Wildman–Crippen MR) is 45.8 cm³/mol. The van der Waals surface area contributed by atoms with E-state index in [4.69, 9.17) is 11.6 Å². The van der Waals surface area contributed by atoms with Crippen molar-refractivity contribution in [2.24, 2.45) is 0 Å². The van der Waals surface area contributed by atoms with Crippen LogP contribution in [0, 0.1) is 0 Å². The van der Waals surface area contributed by atoms with Crippen molar-refractivity contribution in [3.8, 4) is 0 Å². The molecule has 0 spiro atoms. The van der Waals surface area contributed by atoms with Gasteiger partial charge in [-0.2, -0.15) is 0 Å². The molecule has 11 heavy (non-hydrogen) atoms. The van der Waals surface area contributed by atoms with E-state index in [0.29, 0.717) is 6.04 Å². The zero-order valence-corrected chi connectivity index (χ0v) is 6.99. The van der Waals surface area contributed by atoms with E-state index in [1.165, 1.54) is 18.4 Å². The number of H-pyrrole nitrogens is 1. The van der Waals surface area contributed by atoms with E-state index < -0.39 is 0 Å². The van der Waals surface area contributed by atoms with E-state index in [-0.39, 0.29) is 0 Å². The third-order valence-corrected chi connectivity index (χ3v) is 2.49. The summed E-state index contributed by atoms with van der Waals surface area (Å²) in [5, 5.41) is 4.18. The van der Waals surface area contributed by atoms with Crippen LogP contribution in [0.2, 0.25) is 5.15 Å². The van der Waals surface area contributed by atoms with Crippen LogP contribution < -0.4 is 5.32 Å². The highest BCUT2D eigenvalue weighted by Gasteiger charge is 2.18. The largest absolute Gasteiger partial charge is 0.352 e. The molecule has 2 heterocycles. The van der Waals surface area contributed by atoms with Gasteiger partial charge in [0.05, 0.1) is 0 Å². The monoisotopic (exact) mass is 170 g/mol. The van der Waals surface area contributed by atoms with Gasteiger partial charge < -0.3 is 10.3 Å². The lowest BCUT2D eigenvalue weighted by Gasteiger charge is -2.07. The molecular formula is C8H11ClN2. The summed E-state index contributed by atoms with van der Waals surface area (Å²) in [6.45, 7) is 1.12. The average molecular weight is 171 g/mol. The number of nitrogens with one attached hydrogen (secondary N) is 2. The van der Waals surface area contributed by atoms with Crippen LogP contribution in [0.3, 0.4) is 0 Å². The lowest BCUT2D eigenvalue weighted by atomic mass is 10.1. The maximum atomic E-state index is 5.92. The Labute approximate surface area is 70.9 Å². The maximum Gasteiger partial charge on any atom is 0.111 e. The molecule has 1 aromatic heterocycles. The summed E-state index contributed by atoms with van der Waals surface area (Å²) in [5.41, 5.74) is 1.21. The minimum absolute atomic E-state index is 0.480. The van der Waals surface area contributed by atoms with Crippen LogP contribution in [-0.4, -0.2) is 11.5 Å².